The van der Waals surface area contributed by atoms with Crippen LogP contribution < -0.4 is 26.5 Å². The number of halogens is 1. The summed E-state index contributed by atoms with van der Waals surface area (Å²) < 4.78 is 2.42. The van der Waals surface area contributed by atoms with E-state index in [1.165, 1.54) is 30.1 Å². The van der Waals surface area contributed by atoms with E-state index in [2.05, 4.69) is 44.4 Å². The van der Waals surface area contributed by atoms with Crippen LogP contribution in [0.15, 0.2) is 23.3 Å². The van der Waals surface area contributed by atoms with Crippen molar-refractivity contribution in [1.82, 2.24) is 5.32 Å². The summed E-state index contributed by atoms with van der Waals surface area (Å²) in [6.07, 6.45) is 8.85. The zero-order chi connectivity index (χ0) is 13.4. The molecule has 106 valence electrons. The Hall–Kier alpha value is 0.360. The van der Waals surface area contributed by atoms with E-state index in [-0.39, 0.29) is 0 Å². The van der Waals surface area contributed by atoms with Gasteiger partial charge in [-0.25, -0.2) is 0 Å². The molecule has 1 aliphatic heterocycles. The van der Waals surface area contributed by atoms with Gasteiger partial charge in [0, 0.05) is 0 Å². The molecule has 18 heavy (non-hydrogen) atoms. The monoisotopic (exact) mass is 380 g/mol. The molecule has 0 spiro atoms. The Morgan fingerprint density at radius 3 is 2.94 bits per heavy atom. The van der Waals surface area contributed by atoms with E-state index in [1.807, 2.05) is 0 Å². The van der Waals surface area contributed by atoms with Gasteiger partial charge in [0.2, 0.25) is 0 Å². The third kappa shape index (κ3) is 6.50. The van der Waals surface area contributed by atoms with Crippen molar-refractivity contribution in [3.8, 4) is 0 Å². The molecular weight excluding hydrogens is 353 g/mol. The Balaban J connectivity index is 2.29. The van der Waals surface area contributed by atoms with Crippen molar-refractivity contribution in [1.29, 1.82) is 0 Å². The van der Waals surface area contributed by atoms with Gasteiger partial charge < -0.3 is 0 Å². The van der Waals surface area contributed by atoms with Crippen LogP contribution in [-0.4, -0.2) is 14.9 Å². The van der Waals surface area contributed by atoms with E-state index in [0.717, 1.165) is 33.4 Å². The topological polar surface area (TPSA) is 12.0 Å². The van der Waals surface area contributed by atoms with E-state index in [1.54, 1.807) is 0 Å². The molecule has 1 heterocycles. The molecule has 0 bridgehead atoms. The SMILES string of the molecule is C=C(NCC1CCCC(C)CC[I-]1)/C(S)=C\CC. The summed E-state index contributed by atoms with van der Waals surface area (Å²) in [5.41, 5.74) is 1.000. The zero-order valence-electron chi connectivity index (χ0n) is 11.7. The number of rotatable bonds is 5. The van der Waals surface area contributed by atoms with Crippen molar-refractivity contribution in [2.75, 3.05) is 11.0 Å². The van der Waals surface area contributed by atoms with Crippen LogP contribution in [-0.2, 0) is 0 Å². The van der Waals surface area contributed by atoms with Gasteiger partial charge in [-0.05, 0) is 0 Å². The summed E-state index contributed by atoms with van der Waals surface area (Å²) in [5, 5.41) is 3.48. The molecule has 0 amide bonds. The molecule has 1 nitrogen and oxygen atoms in total. The zero-order valence-corrected chi connectivity index (χ0v) is 14.8. The summed E-state index contributed by atoms with van der Waals surface area (Å²) >= 11 is 4.83. The molecule has 3 heteroatoms. The predicted molar refractivity (Wildman–Crippen MR) is 80.8 cm³/mol. The average Bonchev–Trinajstić information content (AvgIpc) is 2.32. The first-order valence-corrected chi connectivity index (χ1v) is 10.2. The van der Waals surface area contributed by atoms with Crippen LogP contribution in [0.5, 0.6) is 0 Å². The van der Waals surface area contributed by atoms with Gasteiger partial charge in [0.25, 0.3) is 0 Å². The van der Waals surface area contributed by atoms with E-state index >= 15 is 0 Å². The molecule has 1 rings (SSSR count). The Morgan fingerprint density at radius 2 is 2.22 bits per heavy atom. The number of thiol groups is 1. The van der Waals surface area contributed by atoms with Crippen LogP contribution in [0, 0.1) is 5.92 Å². The molecule has 0 saturated carbocycles. The third-order valence-electron chi connectivity index (χ3n) is 3.39. The van der Waals surface area contributed by atoms with Gasteiger partial charge in [0.15, 0.2) is 0 Å². The van der Waals surface area contributed by atoms with Crippen molar-refractivity contribution < 1.29 is 21.2 Å². The van der Waals surface area contributed by atoms with Crippen LogP contribution >= 0.6 is 12.6 Å². The first kappa shape index (κ1) is 16.4. The summed E-state index contributed by atoms with van der Waals surface area (Å²) in [4.78, 5) is 1.01. The molecule has 2 unspecified atom stereocenters. The molecule has 0 aromatic rings. The molecule has 0 aromatic carbocycles. The van der Waals surface area contributed by atoms with Gasteiger partial charge in [-0.1, -0.05) is 0 Å². The molecule has 1 N–H and O–H groups in total. The van der Waals surface area contributed by atoms with Crippen molar-refractivity contribution in [3.05, 3.63) is 23.3 Å². The molecule has 0 radical (unpaired) electrons. The normalized spacial score (nSPS) is 26.7. The maximum atomic E-state index is 4.46. The standard InChI is InChI=1S/C15H27INS/c1-4-6-15(18)13(3)17-11-14-8-5-7-12(2)9-10-16-14/h6,12,14,17-18H,3-5,7-11H2,1-2H3/q-1/b15-6+. The number of hydrogen-bond acceptors (Lipinski definition) is 2. The summed E-state index contributed by atoms with van der Waals surface area (Å²) in [5.74, 6) is 0.963. The molecule has 0 aliphatic carbocycles. The number of allylic oxidation sites excluding steroid dienone is 1. The molecule has 1 fully saturated rings. The summed E-state index contributed by atoms with van der Waals surface area (Å²) in [6, 6.07) is 0. The quantitative estimate of drug-likeness (QED) is 0.314. The van der Waals surface area contributed by atoms with Gasteiger partial charge in [0.1, 0.15) is 0 Å². The van der Waals surface area contributed by atoms with Gasteiger partial charge in [-0.2, -0.15) is 0 Å². The van der Waals surface area contributed by atoms with Crippen molar-refractivity contribution in [2.45, 2.75) is 49.9 Å². The maximum absolute atomic E-state index is 4.46. The summed E-state index contributed by atoms with van der Waals surface area (Å²) in [6.45, 7) is 9.72. The second kappa shape index (κ2) is 9.29. The first-order chi connectivity index (χ1) is 8.63. The van der Waals surface area contributed by atoms with Crippen molar-refractivity contribution in [2.24, 2.45) is 5.92 Å². The number of nitrogens with one attached hydrogen (secondary N) is 1. The van der Waals surface area contributed by atoms with Crippen LogP contribution in [0.4, 0.5) is 0 Å². The van der Waals surface area contributed by atoms with Crippen molar-refractivity contribution in [3.63, 3.8) is 0 Å². The average molecular weight is 380 g/mol. The minimum absolute atomic E-state index is 0.368. The Labute approximate surface area is 129 Å². The predicted octanol–water partition coefficient (Wildman–Crippen LogP) is 0.981. The van der Waals surface area contributed by atoms with Gasteiger partial charge in [0.05, 0.1) is 0 Å². The number of alkyl halides is 2. The van der Waals surface area contributed by atoms with Gasteiger partial charge >= 0.3 is 129 Å². The fourth-order valence-electron chi connectivity index (χ4n) is 2.11. The van der Waals surface area contributed by atoms with Crippen LogP contribution in [0.25, 0.3) is 0 Å². The first-order valence-electron chi connectivity index (χ1n) is 7.03. The molecule has 1 saturated heterocycles. The Bertz CT molecular complexity index is 278. The van der Waals surface area contributed by atoms with Gasteiger partial charge in [-0.15, -0.1) is 0 Å². The third-order valence-corrected chi connectivity index (χ3v) is 7.39. The fraction of sp³-hybridized carbons (Fsp3) is 0.733. The Morgan fingerprint density at radius 1 is 1.44 bits per heavy atom. The van der Waals surface area contributed by atoms with E-state index in [0.29, 0.717) is 21.2 Å². The Kier molecular flexibility index (Phi) is 8.47. The van der Waals surface area contributed by atoms with E-state index < -0.39 is 0 Å². The molecule has 2 atom stereocenters. The van der Waals surface area contributed by atoms with Gasteiger partial charge in [-0.3, -0.25) is 0 Å². The second-order valence-electron chi connectivity index (χ2n) is 5.12. The molecule has 0 aromatic heterocycles. The van der Waals surface area contributed by atoms with E-state index in [9.17, 15) is 0 Å². The summed E-state index contributed by atoms with van der Waals surface area (Å²) in [7, 11) is 0. The molecular formula is C15H27INS-. The van der Waals surface area contributed by atoms with Crippen molar-refractivity contribution >= 4 is 12.6 Å². The number of hydrogen-bond donors (Lipinski definition) is 2. The second-order valence-corrected chi connectivity index (χ2v) is 9.33. The fourth-order valence-corrected chi connectivity index (χ4v) is 6.09. The van der Waals surface area contributed by atoms with Crippen LogP contribution in [0.3, 0.4) is 0 Å². The van der Waals surface area contributed by atoms with E-state index in [4.69, 9.17) is 0 Å². The molecule has 1 aliphatic rings. The van der Waals surface area contributed by atoms with Crippen LogP contribution in [0.1, 0.15) is 46.0 Å². The minimum atomic E-state index is 0.368. The van der Waals surface area contributed by atoms with Crippen LogP contribution in [0.2, 0.25) is 0 Å².